The fraction of sp³-hybridized carbons (Fsp3) is 0.583. The summed E-state index contributed by atoms with van der Waals surface area (Å²) < 4.78 is 2.17. The molecule has 82 valence electrons. The summed E-state index contributed by atoms with van der Waals surface area (Å²) in [5.41, 5.74) is 2.72. The smallest absolute Gasteiger partial charge is 0.103 e. The van der Waals surface area contributed by atoms with Crippen LogP contribution in [-0.4, -0.2) is 4.57 Å². The van der Waals surface area contributed by atoms with Gasteiger partial charge in [-0.05, 0) is 19.3 Å². The average molecular weight is 225 g/mol. The maximum absolute atomic E-state index is 9.04. The lowest BCUT2D eigenvalue weighted by Crippen LogP contribution is -2.06. The van der Waals surface area contributed by atoms with Crippen LogP contribution in [0.15, 0.2) is 0 Å². The zero-order valence-electron chi connectivity index (χ0n) is 9.76. The summed E-state index contributed by atoms with van der Waals surface area (Å²) in [6, 6.07) is 2.18. The number of nitriles is 1. The Morgan fingerprint density at radius 2 is 2.07 bits per heavy atom. The largest absolute Gasteiger partial charge is 0.346 e. The van der Waals surface area contributed by atoms with Crippen molar-refractivity contribution in [3.63, 3.8) is 0 Å². The van der Waals surface area contributed by atoms with Gasteiger partial charge in [0.2, 0.25) is 0 Å². The molecular formula is C12H17ClN2. The Labute approximate surface area is 96.5 Å². The first-order valence-electron chi connectivity index (χ1n) is 5.33. The van der Waals surface area contributed by atoms with E-state index in [-0.39, 0.29) is 0 Å². The second kappa shape index (κ2) is 4.72. The molecule has 3 heteroatoms. The standard InChI is InChI=1S/C12H17ClN2/c1-5-6-15-9(4)10(7-14)11(13)12(15)8(2)3/h8H,5-6H2,1-4H3. The van der Waals surface area contributed by atoms with Crippen molar-refractivity contribution < 1.29 is 0 Å². The van der Waals surface area contributed by atoms with Crippen LogP contribution >= 0.6 is 11.6 Å². The molecule has 0 aliphatic carbocycles. The molecule has 1 aromatic rings. The molecule has 1 rings (SSSR count). The van der Waals surface area contributed by atoms with Crippen molar-refractivity contribution in [2.24, 2.45) is 0 Å². The van der Waals surface area contributed by atoms with E-state index in [1.54, 1.807) is 0 Å². The van der Waals surface area contributed by atoms with Crippen LogP contribution in [0.1, 0.15) is 50.1 Å². The van der Waals surface area contributed by atoms with Crippen LogP contribution in [-0.2, 0) is 6.54 Å². The molecule has 2 nitrogen and oxygen atoms in total. The molecule has 0 saturated carbocycles. The fourth-order valence-corrected chi connectivity index (χ4v) is 2.43. The predicted molar refractivity (Wildman–Crippen MR) is 63.3 cm³/mol. The molecule has 0 fully saturated rings. The van der Waals surface area contributed by atoms with E-state index in [1.165, 1.54) is 0 Å². The van der Waals surface area contributed by atoms with Crippen molar-refractivity contribution in [3.8, 4) is 6.07 Å². The maximum atomic E-state index is 9.04. The quantitative estimate of drug-likeness (QED) is 0.767. The first kappa shape index (κ1) is 12.1. The summed E-state index contributed by atoms with van der Waals surface area (Å²) >= 11 is 6.22. The second-order valence-electron chi connectivity index (χ2n) is 4.08. The highest BCUT2D eigenvalue weighted by molar-refractivity contribution is 6.32. The van der Waals surface area contributed by atoms with Crippen LogP contribution in [0.2, 0.25) is 5.02 Å². The Kier molecular flexibility index (Phi) is 3.82. The van der Waals surface area contributed by atoms with Gasteiger partial charge in [0.05, 0.1) is 10.6 Å². The zero-order chi connectivity index (χ0) is 11.6. The number of nitrogens with zero attached hydrogens (tertiary/aromatic N) is 2. The monoisotopic (exact) mass is 224 g/mol. The first-order valence-corrected chi connectivity index (χ1v) is 5.70. The molecule has 15 heavy (non-hydrogen) atoms. The topological polar surface area (TPSA) is 28.7 Å². The average Bonchev–Trinajstić information content (AvgIpc) is 2.39. The second-order valence-corrected chi connectivity index (χ2v) is 4.46. The molecule has 0 saturated heterocycles. The molecule has 0 aliphatic heterocycles. The molecular weight excluding hydrogens is 208 g/mol. The van der Waals surface area contributed by atoms with Crippen molar-refractivity contribution in [2.45, 2.75) is 46.6 Å². The summed E-state index contributed by atoms with van der Waals surface area (Å²) in [5, 5.41) is 9.68. The summed E-state index contributed by atoms with van der Waals surface area (Å²) in [4.78, 5) is 0. The van der Waals surface area contributed by atoms with E-state index in [0.29, 0.717) is 16.5 Å². The van der Waals surface area contributed by atoms with Crippen LogP contribution < -0.4 is 0 Å². The SMILES string of the molecule is CCCn1c(C)c(C#N)c(Cl)c1C(C)C. The minimum absolute atomic E-state index is 0.352. The molecule has 1 heterocycles. The van der Waals surface area contributed by atoms with Gasteiger partial charge in [0.1, 0.15) is 6.07 Å². The molecule has 0 aliphatic rings. The van der Waals surface area contributed by atoms with Crippen molar-refractivity contribution in [1.82, 2.24) is 4.57 Å². The van der Waals surface area contributed by atoms with E-state index < -0.39 is 0 Å². The summed E-state index contributed by atoms with van der Waals surface area (Å²) in [6.45, 7) is 9.23. The Balaban J connectivity index is 3.41. The molecule has 0 radical (unpaired) electrons. The number of hydrogen-bond donors (Lipinski definition) is 0. The molecule has 1 aromatic heterocycles. The normalized spacial score (nSPS) is 10.7. The van der Waals surface area contributed by atoms with Crippen molar-refractivity contribution in [1.29, 1.82) is 5.26 Å². The fourth-order valence-electron chi connectivity index (χ4n) is 1.93. The number of hydrogen-bond acceptors (Lipinski definition) is 1. The van der Waals surface area contributed by atoms with Crippen molar-refractivity contribution in [3.05, 3.63) is 22.0 Å². The summed E-state index contributed by atoms with van der Waals surface area (Å²) in [6.07, 6.45) is 1.05. The van der Waals surface area contributed by atoms with Gasteiger partial charge < -0.3 is 4.57 Å². The van der Waals surface area contributed by atoms with Gasteiger partial charge >= 0.3 is 0 Å². The maximum Gasteiger partial charge on any atom is 0.103 e. The lowest BCUT2D eigenvalue weighted by Gasteiger charge is -2.13. The van der Waals surface area contributed by atoms with Crippen LogP contribution in [0.5, 0.6) is 0 Å². The van der Waals surface area contributed by atoms with Crippen LogP contribution in [0.3, 0.4) is 0 Å². The summed E-state index contributed by atoms with van der Waals surface area (Å²) in [7, 11) is 0. The molecule has 0 spiro atoms. The lowest BCUT2D eigenvalue weighted by molar-refractivity contribution is 0.610. The van der Waals surface area contributed by atoms with E-state index >= 15 is 0 Å². The molecule has 0 unspecified atom stereocenters. The van der Waals surface area contributed by atoms with Gasteiger partial charge in [-0.25, -0.2) is 0 Å². The number of halogens is 1. The van der Waals surface area contributed by atoms with Gasteiger partial charge in [-0.3, -0.25) is 0 Å². The number of aromatic nitrogens is 1. The highest BCUT2D eigenvalue weighted by Gasteiger charge is 2.20. The van der Waals surface area contributed by atoms with E-state index in [1.807, 2.05) is 6.92 Å². The Bertz CT molecular complexity index is 397. The number of rotatable bonds is 3. The van der Waals surface area contributed by atoms with Crippen LogP contribution in [0.25, 0.3) is 0 Å². The van der Waals surface area contributed by atoms with E-state index in [4.69, 9.17) is 16.9 Å². The predicted octanol–water partition coefficient (Wildman–Crippen LogP) is 3.86. The molecule has 0 aromatic carbocycles. The summed E-state index contributed by atoms with van der Waals surface area (Å²) in [5.74, 6) is 0.352. The Morgan fingerprint density at radius 3 is 2.47 bits per heavy atom. The van der Waals surface area contributed by atoms with E-state index in [0.717, 1.165) is 24.4 Å². The Morgan fingerprint density at radius 1 is 1.47 bits per heavy atom. The molecule has 0 atom stereocenters. The van der Waals surface area contributed by atoms with Gasteiger partial charge in [0, 0.05) is 17.9 Å². The van der Waals surface area contributed by atoms with Gasteiger partial charge in [-0.15, -0.1) is 0 Å². The van der Waals surface area contributed by atoms with Gasteiger partial charge in [0.25, 0.3) is 0 Å². The lowest BCUT2D eigenvalue weighted by atomic mass is 10.1. The third-order valence-corrected chi connectivity index (χ3v) is 2.99. The minimum Gasteiger partial charge on any atom is -0.346 e. The molecule has 0 bridgehead atoms. The van der Waals surface area contributed by atoms with E-state index in [9.17, 15) is 0 Å². The van der Waals surface area contributed by atoms with Gasteiger partial charge in [-0.2, -0.15) is 5.26 Å². The Hall–Kier alpha value is -0.940. The molecule has 0 N–H and O–H groups in total. The zero-order valence-corrected chi connectivity index (χ0v) is 10.5. The minimum atomic E-state index is 0.352. The highest BCUT2D eigenvalue weighted by atomic mass is 35.5. The van der Waals surface area contributed by atoms with Gasteiger partial charge in [-0.1, -0.05) is 32.4 Å². The third-order valence-electron chi connectivity index (χ3n) is 2.61. The van der Waals surface area contributed by atoms with Crippen molar-refractivity contribution in [2.75, 3.05) is 0 Å². The van der Waals surface area contributed by atoms with Gasteiger partial charge in [0.15, 0.2) is 0 Å². The van der Waals surface area contributed by atoms with Crippen LogP contribution in [0, 0.1) is 18.3 Å². The highest BCUT2D eigenvalue weighted by Crippen LogP contribution is 2.32. The molecule has 0 amide bonds. The van der Waals surface area contributed by atoms with Crippen molar-refractivity contribution >= 4 is 11.6 Å². The van der Waals surface area contributed by atoms with E-state index in [2.05, 4.69) is 31.4 Å². The first-order chi connectivity index (χ1) is 7.04. The van der Waals surface area contributed by atoms with Crippen LogP contribution in [0.4, 0.5) is 0 Å². The third kappa shape index (κ3) is 2.03.